The lowest BCUT2D eigenvalue weighted by molar-refractivity contribution is -0.161. The van der Waals surface area contributed by atoms with E-state index in [-0.39, 0.29) is 5.75 Å². The molecule has 0 aromatic heterocycles. The molecule has 0 atom stereocenters. The van der Waals surface area contributed by atoms with Gasteiger partial charge in [-0.3, -0.25) is 10.1 Å². The van der Waals surface area contributed by atoms with Crippen molar-refractivity contribution in [2.45, 2.75) is 32.8 Å². The number of hydrogen-bond donors (Lipinski definition) is 2. The third-order valence-electron chi connectivity index (χ3n) is 2.80. The van der Waals surface area contributed by atoms with Crippen LogP contribution in [0.1, 0.15) is 27.2 Å². The Kier molecular flexibility index (Phi) is 7.16. The molecule has 2 N–H and O–H groups in total. The maximum atomic E-state index is 12.8. The SMILES string of the molecule is CCCNC(=O)NC(=O)COC(=O)C(C)(C)Oc1ccc(F)cc1. The van der Waals surface area contributed by atoms with E-state index < -0.39 is 35.9 Å². The van der Waals surface area contributed by atoms with E-state index in [1.807, 2.05) is 12.2 Å². The second-order valence-electron chi connectivity index (χ2n) is 5.45. The summed E-state index contributed by atoms with van der Waals surface area (Å²) in [6.45, 7) is 4.58. The molecule has 0 spiro atoms. The van der Waals surface area contributed by atoms with Crippen molar-refractivity contribution in [1.29, 1.82) is 0 Å². The summed E-state index contributed by atoms with van der Waals surface area (Å²) in [6, 6.07) is 4.47. The summed E-state index contributed by atoms with van der Waals surface area (Å²) in [6.07, 6.45) is 0.728. The highest BCUT2D eigenvalue weighted by molar-refractivity contribution is 5.95. The molecule has 0 heterocycles. The quantitative estimate of drug-likeness (QED) is 0.738. The predicted octanol–water partition coefficient (Wildman–Crippen LogP) is 1.76. The van der Waals surface area contributed by atoms with Crippen molar-refractivity contribution in [3.05, 3.63) is 30.1 Å². The van der Waals surface area contributed by atoms with Gasteiger partial charge in [0.05, 0.1) is 0 Å². The summed E-state index contributed by atoms with van der Waals surface area (Å²) in [5.74, 6) is -1.70. The summed E-state index contributed by atoms with van der Waals surface area (Å²) in [7, 11) is 0. The van der Waals surface area contributed by atoms with Crippen molar-refractivity contribution in [3.8, 4) is 5.75 Å². The summed E-state index contributed by atoms with van der Waals surface area (Å²) < 4.78 is 23.1. The third kappa shape index (κ3) is 6.64. The van der Waals surface area contributed by atoms with Crippen LogP contribution >= 0.6 is 0 Å². The second-order valence-corrected chi connectivity index (χ2v) is 5.45. The van der Waals surface area contributed by atoms with Crippen LogP contribution in [0.15, 0.2) is 24.3 Å². The van der Waals surface area contributed by atoms with Crippen LogP contribution in [0, 0.1) is 5.82 Å². The number of imide groups is 1. The number of nitrogens with one attached hydrogen (secondary N) is 2. The van der Waals surface area contributed by atoms with Crippen LogP contribution in [0.4, 0.5) is 9.18 Å². The first-order chi connectivity index (χ1) is 11.2. The molecule has 132 valence electrons. The topological polar surface area (TPSA) is 93.7 Å². The zero-order valence-corrected chi connectivity index (χ0v) is 13.8. The predicted molar refractivity (Wildman–Crippen MR) is 83.9 cm³/mol. The Bertz CT molecular complexity index is 587. The van der Waals surface area contributed by atoms with E-state index in [9.17, 15) is 18.8 Å². The Hall–Kier alpha value is -2.64. The summed E-state index contributed by atoms with van der Waals surface area (Å²) in [5.41, 5.74) is -1.39. The zero-order chi connectivity index (χ0) is 18.2. The monoisotopic (exact) mass is 340 g/mol. The Morgan fingerprint density at radius 3 is 2.38 bits per heavy atom. The molecule has 1 aromatic carbocycles. The molecule has 7 nitrogen and oxygen atoms in total. The maximum absolute atomic E-state index is 12.8. The molecule has 3 amide bonds. The summed E-state index contributed by atoms with van der Waals surface area (Å²) in [5, 5.41) is 4.48. The summed E-state index contributed by atoms with van der Waals surface area (Å²) in [4.78, 5) is 34.8. The second kappa shape index (κ2) is 8.85. The number of carbonyl (C=O) groups is 3. The van der Waals surface area contributed by atoms with Gasteiger partial charge in [-0.05, 0) is 44.5 Å². The van der Waals surface area contributed by atoms with Crippen molar-refractivity contribution in [3.63, 3.8) is 0 Å². The minimum atomic E-state index is -1.39. The minimum absolute atomic E-state index is 0.279. The molecule has 0 aliphatic carbocycles. The number of benzene rings is 1. The van der Waals surface area contributed by atoms with Gasteiger partial charge in [-0.2, -0.15) is 0 Å². The summed E-state index contributed by atoms with van der Waals surface area (Å²) >= 11 is 0. The van der Waals surface area contributed by atoms with Crippen LogP contribution < -0.4 is 15.4 Å². The van der Waals surface area contributed by atoms with Crippen molar-refractivity contribution in [2.24, 2.45) is 0 Å². The van der Waals surface area contributed by atoms with Crippen LogP contribution in [0.25, 0.3) is 0 Å². The fourth-order valence-electron chi connectivity index (χ4n) is 1.59. The van der Waals surface area contributed by atoms with Gasteiger partial charge in [0.1, 0.15) is 11.6 Å². The molecule has 24 heavy (non-hydrogen) atoms. The van der Waals surface area contributed by atoms with Crippen LogP contribution in [-0.4, -0.2) is 36.7 Å². The van der Waals surface area contributed by atoms with Crippen molar-refractivity contribution in [2.75, 3.05) is 13.2 Å². The average Bonchev–Trinajstić information content (AvgIpc) is 2.52. The first-order valence-electron chi connectivity index (χ1n) is 7.44. The van der Waals surface area contributed by atoms with Crippen LogP contribution in [0.5, 0.6) is 5.75 Å². The van der Waals surface area contributed by atoms with Crippen LogP contribution in [0.3, 0.4) is 0 Å². The largest absolute Gasteiger partial charge is 0.476 e. The van der Waals surface area contributed by atoms with Gasteiger partial charge in [-0.1, -0.05) is 6.92 Å². The molecule has 0 bridgehead atoms. The molecule has 1 aromatic rings. The first-order valence-corrected chi connectivity index (χ1v) is 7.44. The number of urea groups is 1. The maximum Gasteiger partial charge on any atom is 0.350 e. The zero-order valence-electron chi connectivity index (χ0n) is 13.8. The lowest BCUT2D eigenvalue weighted by Crippen LogP contribution is -2.44. The van der Waals surface area contributed by atoms with E-state index >= 15 is 0 Å². The molecule has 0 saturated carbocycles. The lowest BCUT2D eigenvalue weighted by atomic mass is 10.1. The highest BCUT2D eigenvalue weighted by atomic mass is 19.1. The molecule has 0 aliphatic heterocycles. The number of ether oxygens (including phenoxy) is 2. The van der Waals surface area contributed by atoms with Crippen LogP contribution in [0.2, 0.25) is 0 Å². The standard InChI is InChI=1S/C16H21FN2O5/c1-4-9-18-15(22)19-13(20)10-23-14(21)16(2,3)24-12-7-5-11(17)6-8-12/h5-8H,4,9-10H2,1-3H3,(H2,18,19,20,22). The Morgan fingerprint density at radius 1 is 1.17 bits per heavy atom. The Labute approximate surface area is 139 Å². The molecule has 0 fully saturated rings. The smallest absolute Gasteiger partial charge is 0.350 e. The van der Waals surface area contributed by atoms with Gasteiger partial charge in [-0.25, -0.2) is 14.0 Å². The highest BCUT2D eigenvalue weighted by Gasteiger charge is 2.32. The van der Waals surface area contributed by atoms with Gasteiger partial charge in [0, 0.05) is 6.54 Å². The van der Waals surface area contributed by atoms with E-state index in [2.05, 4.69) is 5.32 Å². The molecule has 8 heteroatoms. The normalized spacial score (nSPS) is 10.7. The van der Waals surface area contributed by atoms with E-state index in [0.717, 1.165) is 6.42 Å². The van der Waals surface area contributed by atoms with Crippen LogP contribution in [-0.2, 0) is 14.3 Å². The van der Waals surface area contributed by atoms with Gasteiger partial charge in [0.15, 0.2) is 12.2 Å². The number of carbonyl (C=O) groups excluding carboxylic acids is 3. The van der Waals surface area contributed by atoms with Crippen molar-refractivity contribution < 1.29 is 28.2 Å². The van der Waals surface area contributed by atoms with Gasteiger partial charge >= 0.3 is 12.0 Å². The average molecular weight is 340 g/mol. The van der Waals surface area contributed by atoms with Gasteiger partial charge in [0.25, 0.3) is 5.91 Å². The first kappa shape index (κ1) is 19.4. The number of halogens is 1. The molecule has 1 rings (SSSR count). The van der Waals surface area contributed by atoms with Gasteiger partial charge < -0.3 is 14.8 Å². The third-order valence-corrected chi connectivity index (χ3v) is 2.80. The fourth-order valence-corrected chi connectivity index (χ4v) is 1.59. The molecule has 0 unspecified atom stereocenters. The minimum Gasteiger partial charge on any atom is -0.476 e. The van der Waals surface area contributed by atoms with E-state index in [1.54, 1.807) is 0 Å². The van der Waals surface area contributed by atoms with Crippen molar-refractivity contribution in [1.82, 2.24) is 10.6 Å². The molecule has 0 aliphatic rings. The van der Waals surface area contributed by atoms with E-state index in [0.29, 0.717) is 6.54 Å². The van der Waals surface area contributed by atoms with Crippen molar-refractivity contribution >= 4 is 17.9 Å². The number of esters is 1. The molecular formula is C16H21FN2O5. The number of amides is 3. The molecular weight excluding hydrogens is 319 g/mol. The fraction of sp³-hybridized carbons (Fsp3) is 0.438. The highest BCUT2D eigenvalue weighted by Crippen LogP contribution is 2.19. The Balaban J connectivity index is 2.46. The van der Waals surface area contributed by atoms with Gasteiger partial charge in [0.2, 0.25) is 0 Å². The van der Waals surface area contributed by atoms with E-state index in [1.165, 1.54) is 38.1 Å². The number of rotatable bonds is 7. The number of hydrogen-bond acceptors (Lipinski definition) is 5. The molecule has 0 saturated heterocycles. The van der Waals surface area contributed by atoms with Gasteiger partial charge in [-0.15, -0.1) is 0 Å². The molecule has 0 radical (unpaired) electrons. The Morgan fingerprint density at radius 2 is 1.79 bits per heavy atom. The lowest BCUT2D eigenvalue weighted by Gasteiger charge is -2.24. The van der Waals surface area contributed by atoms with E-state index in [4.69, 9.17) is 9.47 Å².